The van der Waals surface area contributed by atoms with Gasteiger partial charge < -0.3 is 9.84 Å². The van der Waals surface area contributed by atoms with Crippen LogP contribution in [0, 0.1) is 18.6 Å². The first-order valence-corrected chi connectivity index (χ1v) is 6.39. The molecular weight excluding hydrogens is 262 g/mol. The van der Waals surface area contributed by atoms with Gasteiger partial charge in [0, 0.05) is 12.0 Å². The maximum absolute atomic E-state index is 13.5. The van der Waals surface area contributed by atoms with Gasteiger partial charge in [0.1, 0.15) is 17.4 Å². The summed E-state index contributed by atoms with van der Waals surface area (Å²) < 4.78 is 32.0. The molecule has 2 nitrogen and oxygen atoms in total. The van der Waals surface area contributed by atoms with Crippen LogP contribution in [0.3, 0.4) is 0 Å². The summed E-state index contributed by atoms with van der Waals surface area (Å²) in [5.41, 5.74) is 1.03. The average molecular weight is 278 g/mol. The quantitative estimate of drug-likeness (QED) is 0.902. The van der Waals surface area contributed by atoms with Crippen molar-refractivity contribution in [3.8, 4) is 5.75 Å². The van der Waals surface area contributed by atoms with Crippen LogP contribution in [0.25, 0.3) is 0 Å². The minimum absolute atomic E-state index is 0.0437. The van der Waals surface area contributed by atoms with Crippen LogP contribution in [0.5, 0.6) is 5.75 Å². The van der Waals surface area contributed by atoms with E-state index < -0.39 is 17.7 Å². The van der Waals surface area contributed by atoms with Crippen molar-refractivity contribution in [2.24, 2.45) is 0 Å². The van der Waals surface area contributed by atoms with Crippen LogP contribution in [0.2, 0.25) is 0 Å². The van der Waals surface area contributed by atoms with Crippen molar-refractivity contribution in [1.29, 1.82) is 0 Å². The van der Waals surface area contributed by atoms with Gasteiger partial charge in [0.15, 0.2) is 0 Å². The Hall–Kier alpha value is -1.94. The molecular formula is C16H16F2O2. The molecule has 4 heteroatoms. The fourth-order valence-electron chi connectivity index (χ4n) is 1.92. The van der Waals surface area contributed by atoms with Gasteiger partial charge in [0.25, 0.3) is 0 Å². The molecule has 2 aromatic carbocycles. The Labute approximate surface area is 116 Å². The van der Waals surface area contributed by atoms with Gasteiger partial charge >= 0.3 is 0 Å². The third kappa shape index (κ3) is 3.78. The van der Waals surface area contributed by atoms with Gasteiger partial charge in [0.2, 0.25) is 0 Å². The zero-order chi connectivity index (χ0) is 14.5. The van der Waals surface area contributed by atoms with E-state index in [1.165, 1.54) is 0 Å². The summed E-state index contributed by atoms with van der Waals surface area (Å²) in [6.07, 6.45) is -0.899. The highest BCUT2D eigenvalue weighted by atomic mass is 19.1. The van der Waals surface area contributed by atoms with Gasteiger partial charge in [-0.2, -0.15) is 0 Å². The Balaban J connectivity index is 1.92. The first-order chi connectivity index (χ1) is 9.56. The lowest BCUT2D eigenvalue weighted by Gasteiger charge is -2.13. The Morgan fingerprint density at radius 3 is 2.70 bits per heavy atom. The average Bonchev–Trinajstić information content (AvgIpc) is 2.41. The summed E-state index contributed by atoms with van der Waals surface area (Å²) in [6, 6.07) is 10.5. The number of ether oxygens (including phenoxy) is 1. The van der Waals surface area contributed by atoms with Crippen molar-refractivity contribution in [3.63, 3.8) is 0 Å². The summed E-state index contributed by atoms with van der Waals surface area (Å²) in [6.45, 7) is 2.17. The minimum Gasteiger partial charge on any atom is -0.493 e. The van der Waals surface area contributed by atoms with E-state index in [1.54, 1.807) is 0 Å². The van der Waals surface area contributed by atoms with Crippen LogP contribution in [0.15, 0.2) is 42.5 Å². The molecule has 0 fully saturated rings. The number of rotatable bonds is 5. The standard InChI is InChI=1S/C16H16F2O2/c1-11-3-2-4-13(9-11)20-8-7-16(19)14-10-12(17)5-6-15(14)18/h2-6,9-10,16,19H,7-8H2,1H3. The number of benzene rings is 2. The molecule has 0 spiro atoms. The molecule has 0 bridgehead atoms. The van der Waals surface area contributed by atoms with Crippen molar-refractivity contribution in [1.82, 2.24) is 0 Å². The Morgan fingerprint density at radius 2 is 1.95 bits per heavy atom. The molecule has 2 rings (SSSR count). The number of aliphatic hydroxyl groups excluding tert-OH is 1. The molecule has 0 saturated carbocycles. The molecule has 0 saturated heterocycles. The number of halogens is 2. The number of aliphatic hydroxyl groups is 1. The second-order valence-corrected chi connectivity index (χ2v) is 4.64. The van der Waals surface area contributed by atoms with E-state index in [-0.39, 0.29) is 18.6 Å². The maximum Gasteiger partial charge on any atom is 0.129 e. The van der Waals surface area contributed by atoms with E-state index in [0.717, 1.165) is 23.8 Å². The van der Waals surface area contributed by atoms with Crippen LogP contribution < -0.4 is 4.74 Å². The lowest BCUT2D eigenvalue weighted by molar-refractivity contribution is 0.136. The van der Waals surface area contributed by atoms with Crippen LogP contribution >= 0.6 is 0 Å². The molecule has 0 aliphatic heterocycles. The summed E-state index contributed by atoms with van der Waals surface area (Å²) in [5.74, 6) is -0.494. The zero-order valence-electron chi connectivity index (χ0n) is 11.1. The lowest BCUT2D eigenvalue weighted by Crippen LogP contribution is -2.07. The van der Waals surface area contributed by atoms with E-state index >= 15 is 0 Å². The first-order valence-electron chi connectivity index (χ1n) is 6.39. The summed E-state index contributed by atoms with van der Waals surface area (Å²) in [4.78, 5) is 0. The van der Waals surface area contributed by atoms with Gasteiger partial charge in [0.05, 0.1) is 12.7 Å². The molecule has 20 heavy (non-hydrogen) atoms. The molecule has 0 heterocycles. The monoisotopic (exact) mass is 278 g/mol. The first kappa shape index (κ1) is 14.5. The Bertz CT molecular complexity index is 584. The minimum atomic E-state index is -1.09. The molecule has 0 aliphatic carbocycles. The highest BCUT2D eigenvalue weighted by Gasteiger charge is 2.14. The zero-order valence-corrected chi connectivity index (χ0v) is 11.1. The lowest BCUT2D eigenvalue weighted by atomic mass is 10.1. The van der Waals surface area contributed by atoms with Crippen molar-refractivity contribution < 1.29 is 18.6 Å². The van der Waals surface area contributed by atoms with Crippen LogP contribution in [0.4, 0.5) is 8.78 Å². The number of hydrogen-bond donors (Lipinski definition) is 1. The summed E-state index contributed by atoms with van der Waals surface area (Å²) in [7, 11) is 0. The van der Waals surface area contributed by atoms with Crippen LogP contribution in [-0.2, 0) is 0 Å². The second-order valence-electron chi connectivity index (χ2n) is 4.64. The van der Waals surface area contributed by atoms with Crippen molar-refractivity contribution in [3.05, 3.63) is 65.2 Å². The normalized spacial score (nSPS) is 12.2. The molecule has 0 aliphatic rings. The maximum atomic E-state index is 13.5. The third-order valence-electron chi connectivity index (χ3n) is 2.97. The Kier molecular flexibility index (Phi) is 4.69. The second kappa shape index (κ2) is 6.48. The third-order valence-corrected chi connectivity index (χ3v) is 2.97. The smallest absolute Gasteiger partial charge is 0.129 e. The Morgan fingerprint density at radius 1 is 1.15 bits per heavy atom. The highest BCUT2D eigenvalue weighted by molar-refractivity contribution is 5.27. The predicted molar refractivity (Wildman–Crippen MR) is 72.6 cm³/mol. The van der Waals surface area contributed by atoms with Gasteiger partial charge in [-0.1, -0.05) is 12.1 Å². The SMILES string of the molecule is Cc1cccc(OCCC(O)c2cc(F)ccc2F)c1. The molecule has 1 atom stereocenters. The molecule has 2 aromatic rings. The van der Waals surface area contributed by atoms with Gasteiger partial charge in [-0.3, -0.25) is 0 Å². The van der Waals surface area contributed by atoms with Crippen molar-refractivity contribution in [2.75, 3.05) is 6.61 Å². The molecule has 1 unspecified atom stereocenters. The number of hydrogen-bond acceptors (Lipinski definition) is 2. The molecule has 1 N–H and O–H groups in total. The van der Waals surface area contributed by atoms with E-state index in [9.17, 15) is 13.9 Å². The summed E-state index contributed by atoms with van der Waals surface area (Å²) in [5, 5.41) is 9.87. The van der Waals surface area contributed by atoms with E-state index in [4.69, 9.17) is 4.74 Å². The van der Waals surface area contributed by atoms with Gasteiger partial charge in [-0.15, -0.1) is 0 Å². The van der Waals surface area contributed by atoms with Crippen LogP contribution in [-0.4, -0.2) is 11.7 Å². The van der Waals surface area contributed by atoms with Crippen LogP contribution in [0.1, 0.15) is 23.7 Å². The van der Waals surface area contributed by atoms with E-state index in [0.29, 0.717) is 5.75 Å². The fraction of sp³-hybridized carbons (Fsp3) is 0.250. The fourth-order valence-corrected chi connectivity index (χ4v) is 1.92. The van der Waals surface area contributed by atoms with Crippen molar-refractivity contribution >= 4 is 0 Å². The van der Waals surface area contributed by atoms with Crippen molar-refractivity contribution in [2.45, 2.75) is 19.4 Å². The largest absolute Gasteiger partial charge is 0.493 e. The number of aryl methyl sites for hydroxylation is 1. The van der Waals surface area contributed by atoms with E-state index in [1.807, 2.05) is 31.2 Å². The molecule has 0 radical (unpaired) electrons. The summed E-state index contributed by atoms with van der Waals surface area (Å²) >= 11 is 0. The van der Waals surface area contributed by atoms with Gasteiger partial charge in [-0.25, -0.2) is 8.78 Å². The molecule has 106 valence electrons. The van der Waals surface area contributed by atoms with Gasteiger partial charge in [-0.05, 0) is 42.8 Å². The topological polar surface area (TPSA) is 29.5 Å². The molecule has 0 amide bonds. The highest BCUT2D eigenvalue weighted by Crippen LogP contribution is 2.22. The molecule has 0 aromatic heterocycles. The van der Waals surface area contributed by atoms with E-state index in [2.05, 4.69) is 0 Å². The predicted octanol–water partition coefficient (Wildman–Crippen LogP) is 3.78.